The number of hydrogen-bond acceptors (Lipinski definition) is 4. The second-order valence-corrected chi connectivity index (χ2v) is 2.89. The van der Waals surface area contributed by atoms with Gasteiger partial charge in [0.25, 0.3) is 5.56 Å². The first-order valence-corrected chi connectivity index (χ1v) is 3.32. The van der Waals surface area contributed by atoms with Gasteiger partial charge in [-0.05, 0) is 0 Å². The van der Waals surface area contributed by atoms with Crippen LogP contribution in [0.1, 0.15) is 5.56 Å². The maximum absolute atomic E-state index is 10.6. The molecule has 3 nitrogen and oxygen atoms in total. The van der Waals surface area contributed by atoms with Crippen molar-refractivity contribution >= 4 is 24.2 Å². The summed E-state index contributed by atoms with van der Waals surface area (Å²) in [6.45, 7) is 0. The first-order chi connectivity index (χ1) is 4.25. The van der Waals surface area contributed by atoms with Gasteiger partial charge < -0.3 is 0 Å². The first kappa shape index (κ1) is 6.39. The Bertz CT molecular complexity index is 305. The minimum atomic E-state index is -0.354. The third-order valence-electron chi connectivity index (χ3n) is 0.793. The fraction of sp³-hybridized carbons (Fsp3) is 0. The third-order valence-corrected chi connectivity index (χ3v) is 1.98. The van der Waals surface area contributed by atoms with Crippen LogP contribution in [0.25, 0.3) is 0 Å². The molecule has 0 saturated heterocycles. The fourth-order valence-electron chi connectivity index (χ4n) is 0.392. The summed E-state index contributed by atoms with van der Waals surface area (Å²) in [5, 5.41) is 8.28. The number of hydrogen-bond donors (Lipinski definition) is 2. The summed E-state index contributed by atoms with van der Waals surface area (Å²) >= 11 is 4.92. The molecule has 0 aliphatic rings. The lowest BCUT2D eigenvalue weighted by atomic mass is 10.4. The molecule has 0 aliphatic carbocycles. The summed E-state index contributed by atoms with van der Waals surface area (Å²) in [6, 6.07) is 1.73. The molecule has 0 fully saturated rings. The Hall–Kier alpha value is -0.730. The smallest absolute Gasteiger partial charge is 0.276 e. The molecule has 0 amide bonds. The van der Waals surface area contributed by atoms with Crippen LogP contribution in [0.3, 0.4) is 0 Å². The lowest BCUT2D eigenvalue weighted by Gasteiger charge is -1.72. The van der Waals surface area contributed by atoms with Gasteiger partial charge in [0.2, 0.25) is 0 Å². The van der Waals surface area contributed by atoms with Gasteiger partial charge in [0, 0.05) is 0 Å². The van der Waals surface area contributed by atoms with E-state index in [0.717, 1.165) is 11.5 Å². The Morgan fingerprint density at radius 1 is 1.78 bits per heavy atom. The van der Waals surface area contributed by atoms with Gasteiger partial charge >= 0.3 is 0 Å². The summed E-state index contributed by atoms with van der Waals surface area (Å²) in [4.78, 5) is 10.6. The van der Waals surface area contributed by atoms with E-state index in [0.29, 0.717) is 4.21 Å². The van der Waals surface area contributed by atoms with E-state index < -0.39 is 0 Å². The molecular weight excluding hydrogens is 156 g/mol. The van der Waals surface area contributed by atoms with Crippen molar-refractivity contribution < 1.29 is 0 Å². The average Bonchev–Trinajstić information content (AvgIpc) is 2.12. The molecule has 1 aromatic rings. The fourth-order valence-corrected chi connectivity index (χ4v) is 1.21. The Balaban J connectivity index is 3.46. The Morgan fingerprint density at radius 2 is 2.44 bits per heavy atom. The zero-order valence-corrected chi connectivity index (χ0v) is 5.92. The molecule has 9 heavy (non-hydrogen) atoms. The van der Waals surface area contributed by atoms with E-state index in [2.05, 4.69) is 17.0 Å². The van der Waals surface area contributed by atoms with Crippen molar-refractivity contribution in [3.63, 3.8) is 0 Å². The molecule has 0 radical (unpaired) electrons. The first-order valence-electron chi connectivity index (χ1n) is 2.06. The van der Waals surface area contributed by atoms with Crippen molar-refractivity contribution in [2.75, 3.05) is 0 Å². The van der Waals surface area contributed by atoms with Gasteiger partial charge in [0.15, 0.2) is 0 Å². The largest absolute Gasteiger partial charge is 0.277 e. The average molecular weight is 158 g/mol. The number of aromatic amines is 1. The summed E-state index contributed by atoms with van der Waals surface area (Å²) in [7, 11) is 0. The molecule has 0 atom stereocenters. The Labute approximate surface area is 60.5 Å². The second-order valence-electron chi connectivity index (χ2n) is 1.33. The van der Waals surface area contributed by atoms with E-state index >= 15 is 0 Å². The Morgan fingerprint density at radius 3 is 2.67 bits per heavy atom. The van der Waals surface area contributed by atoms with Gasteiger partial charge in [-0.3, -0.25) is 9.17 Å². The molecule has 1 N–H and O–H groups in total. The minimum Gasteiger partial charge on any atom is -0.276 e. The number of H-pyrrole nitrogens is 1. The van der Waals surface area contributed by atoms with Crippen LogP contribution in [-0.2, 0) is 0 Å². The molecule has 1 heterocycles. The normalized spacial score (nSPS) is 8.89. The second kappa shape index (κ2) is 2.25. The number of nitriles is 1. The van der Waals surface area contributed by atoms with E-state index in [1.54, 1.807) is 6.07 Å². The monoisotopic (exact) mass is 158 g/mol. The molecule has 5 heteroatoms. The minimum absolute atomic E-state index is 0.100. The van der Waals surface area contributed by atoms with Gasteiger partial charge in [0.05, 0.1) is 4.21 Å². The van der Waals surface area contributed by atoms with Crippen LogP contribution in [0, 0.1) is 11.3 Å². The summed E-state index contributed by atoms with van der Waals surface area (Å²) in [5.74, 6) is 0. The Kier molecular flexibility index (Phi) is 1.60. The molecule has 0 saturated carbocycles. The van der Waals surface area contributed by atoms with Gasteiger partial charge in [0.1, 0.15) is 11.6 Å². The molecule has 0 unspecified atom stereocenters. The highest BCUT2D eigenvalue weighted by molar-refractivity contribution is 7.82. The predicted molar refractivity (Wildman–Crippen MR) is 36.9 cm³/mol. The van der Waals surface area contributed by atoms with Crippen molar-refractivity contribution in [1.29, 1.82) is 5.26 Å². The van der Waals surface area contributed by atoms with Gasteiger partial charge in [-0.25, -0.2) is 0 Å². The standard InChI is InChI=1S/C4H2N2OS2/c5-1-2-3(7)6-9-4(2)8/h8H,(H,6,7). The topological polar surface area (TPSA) is 56.6 Å². The van der Waals surface area contributed by atoms with Crippen molar-refractivity contribution in [3.8, 4) is 6.07 Å². The molecule has 0 spiro atoms. The highest BCUT2D eigenvalue weighted by Gasteiger charge is 2.03. The molecule has 0 bridgehead atoms. The van der Waals surface area contributed by atoms with Crippen LogP contribution in [0.15, 0.2) is 9.00 Å². The lowest BCUT2D eigenvalue weighted by molar-refractivity contribution is 1.36. The van der Waals surface area contributed by atoms with Crippen molar-refractivity contribution in [3.05, 3.63) is 15.9 Å². The van der Waals surface area contributed by atoms with Gasteiger partial charge in [-0.15, -0.1) is 12.6 Å². The molecule has 1 aromatic heterocycles. The molecular formula is C4H2N2OS2. The van der Waals surface area contributed by atoms with E-state index in [1.165, 1.54) is 0 Å². The van der Waals surface area contributed by atoms with E-state index in [-0.39, 0.29) is 11.1 Å². The van der Waals surface area contributed by atoms with Crippen molar-refractivity contribution in [2.45, 2.75) is 4.21 Å². The van der Waals surface area contributed by atoms with Gasteiger partial charge in [-0.1, -0.05) is 11.5 Å². The summed E-state index contributed by atoms with van der Waals surface area (Å²) < 4.78 is 2.82. The maximum atomic E-state index is 10.6. The van der Waals surface area contributed by atoms with Crippen molar-refractivity contribution in [2.24, 2.45) is 0 Å². The van der Waals surface area contributed by atoms with Gasteiger partial charge in [-0.2, -0.15) is 5.26 Å². The maximum Gasteiger partial charge on any atom is 0.277 e. The quantitative estimate of drug-likeness (QED) is 0.543. The van der Waals surface area contributed by atoms with Crippen LogP contribution in [-0.4, -0.2) is 4.37 Å². The zero-order chi connectivity index (χ0) is 6.85. The molecule has 0 aliphatic heterocycles. The van der Waals surface area contributed by atoms with Crippen LogP contribution < -0.4 is 5.56 Å². The van der Waals surface area contributed by atoms with Crippen LogP contribution in [0.5, 0.6) is 0 Å². The predicted octanol–water partition coefficient (Wildman–Crippen LogP) is 0.597. The highest BCUT2D eigenvalue weighted by atomic mass is 32.2. The number of aromatic nitrogens is 1. The summed E-state index contributed by atoms with van der Waals surface area (Å²) in [5.41, 5.74) is -0.254. The summed E-state index contributed by atoms with van der Waals surface area (Å²) in [6.07, 6.45) is 0. The zero-order valence-electron chi connectivity index (χ0n) is 4.21. The third kappa shape index (κ3) is 0.992. The molecule has 1 rings (SSSR count). The number of thiol groups is 1. The number of nitrogens with one attached hydrogen (secondary N) is 1. The van der Waals surface area contributed by atoms with Crippen molar-refractivity contribution in [1.82, 2.24) is 4.37 Å². The molecule has 46 valence electrons. The number of rotatable bonds is 0. The van der Waals surface area contributed by atoms with E-state index in [9.17, 15) is 4.79 Å². The SMILES string of the molecule is N#Cc1c(S)s[nH]c1=O. The van der Waals surface area contributed by atoms with E-state index in [1.807, 2.05) is 0 Å². The van der Waals surface area contributed by atoms with E-state index in [4.69, 9.17) is 5.26 Å². The number of nitrogens with zero attached hydrogens (tertiary/aromatic N) is 1. The van der Waals surface area contributed by atoms with Crippen LogP contribution in [0.4, 0.5) is 0 Å². The lowest BCUT2D eigenvalue weighted by Crippen LogP contribution is -2.00. The van der Waals surface area contributed by atoms with Crippen LogP contribution >= 0.6 is 24.2 Å². The molecule has 0 aromatic carbocycles. The van der Waals surface area contributed by atoms with Crippen LogP contribution in [0.2, 0.25) is 0 Å². The highest BCUT2D eigenvalue weighted by Crippen LogP contribution is 2.11.